The van der Waals surface area contributed by atoms with Gasteiger partial charge in [0.2, 0.25) is 5.88 Å². The minimum Gasteiger partial charge on any atom is -0.478 e. The molecule has 3 aromatic rings. The quantitative estimate of drug-likeness (QED) is 0.351. The smallest absolute Gasteiger partial charge is 0.268 e. The van der Waals surface area contributed by atoms with Crippen molar-refractivity contribution in [2.45, 2.75) is 64.4 Å². The second kappa shape index (κ2) is 9.83. The SMILES string of the molecule is CC(C)(C)[Si](C)(C)O[C@@H](CCCOc1cc2ccccc2cn1)Cn1cnc(C(N)=O)c1. The third-order valence-electron chi connectivity index (χ3n) is 6.09. The van der Waals surface area contributed by atoms with E-state index in [2.05, 4.69) is 49.9 Å². The molecule has 2 N–H and O–H groups in total. The molecule has 172 valence electrons. The summed E-state index contributed by atoms with van der Waals surface area (Å²) in [4.78, 5) is 19.9. The number of nitrogens with two attached hydrogens (primary N) is 1. The van der Waals surface area contributed by atoms with Crippen molar-refractivity contribution < 1.29 is 14.0 Å². The van der Waals surface area contributed by atoms with Gasteiger partial charge in [-0.15, -0.1) is 0 Å². The lowest BCUT2D eigenvalue weighted by Crippen LogP contribution is -2.45. The molecule has 0 fully saturated rings. The number of nitrogens with zero attached hydrogens (tertiary/aromatic N) is 3. The van der Waals surface area contributed by atoms with E-state index in [1.54, 1.807) is 12.5 Å². The van der Waals surface area contributed by atoms with Crippen LogP contribution >= 0.6 is 0 Å². The van der Waals surface area contributed by atoms with E-state index in [4.69, 9.17) is 14.9 Å². The number of imidazole rings is 1. The first-order valence-electron chi connectivity index (χ1n) is 11.0. The monoisotopic (exact) mass is 454 g/mol. The van der Waals surface area contributed by atoms with Crippen molar-refractivity contribution in [3.8, 4) is 5.88 Å². The van der Waals surface area contributed by atoms with E-state index >= 15 is 0 Å². The van der Waals surface area contributed by atoms with Crippen LogP contribution in [0.25, 0.3) is 10.8 Å². The Balaban J connectivity index is 1.62. The van der Waals surface area contributed by atoms with Crippen molar-refractivity contribution in [1.29, 1.82) is 0 Å². The molecule has 0 aliphatic rings. The molecule has 1 aromatic carbocycles. The molecule has 0 spiro atoms. The number of fused-ring (bicyclic) bond motifs is 1. The third-order valence-corrected chi connectivity index (χ3v) is 10.6. The minimum atomic E-state index is -1.97. The van der Waals surface area contributed by atoms with Crippen molar-refractivity contribution in [3.05, 3.63) is 54.7 Å². The van der Waals surface area contributed by atoms with Crippen LogP contribution in [0.1, 0.15) is 44.1 Å². The zero-order valence-electron chi connectivity index (χ0n) is 19.7. The first-order chi connectivity index (χ1) is 15.0. The third kappa shape index (κ3) is 6.17. The Labute approximate surface area is 191 Å². The fourth-order valence-corrected chi connectivity index (χ4v) is 4.61. The normalized spacial score (nSPS) is 13.3. The summed E-state index contributed by atoms with van der Waals surface area (Å²) in [6, 6.07) is 10.1. The van der Waals surface area contributed by atoms with Crippen molar-refractivity contribution in [2.75, 3.05) is 6.61 Å². The molecule has 32 heavy (non-hydrogen) atoms. The van der Waals surface area contributed by atoms with Gasteiger partial charge in [-0.2, -0.15) is 0 Å². The minimum absolute atomic E-state index is 0.0148. The number of pyridine rings is 1. The fraction of sp³-hybridized carbons (Fsp3) is 0.458. The Morgan fingerprint density at radius 2 is 1.91 bits per heavy atom. The maximum absolute atomic E-state index is 11.4. The summed E-state index contributed by atoms with van der Waals surface area (Å²) in [7, 11) is -1.97. The Bertz CT molecular complexity index is 1060. The van der Waals surface area contributed by atoms with Gasteiger partial charge in [0, 0.05) is 30.4 Å². The highest BCUT2D eigenvalue weighted by molar-refractivity contribution is 6.74. The molecule has 2 heterocycles. The summed E-state index contributed by atoms with van der Waals surface area (Å²) in [6.07, 6.45) is 6.79. The van der Waals surface area contributed by atoms with Gasteiger partial charge in [-0.05, 0) is 36.4 Å². The number of primary amides is 1. The molecule has 0 aliphatic carbocycles. The van der Waals surface area contributed by atoms with Gasteiger partial charge in [-0.25, -0.2) is 9.97 Å². The molecular formula is C24H34N4O3Si. The van der Waals surface area contributed by atoms with Crippen LogP contribution in [0.2, 0.25) is 18.1 Å². The van der Waals surface area contributed by atoms with Crippen LogP contribution in [-0.4, -0.2) is 41.5 Å². The molecule has 1 amide bonds. The first kappa shape index (κ1) is 23.9. The lowest BCUT2D eigenvalue weighted by molar-refractivity contribution is 0.0995. The predicted molar refractivity (Wildman–Crippen MR) is 129 cm³/mol. The maximum atomic E-state index is 11.4. The molecule has 0 radical (unpaired) electrons. The Morgan fingerprint density at radius 3 is 2.56 bits per heavy atom. The highest BCUT2D eigenvalue weighted by atomic mass is 28.4. The second-order valence-corrected chi connectivity index (χ2v) is 14.4. The maximum Gasteiger partial charge on any atom is 0.268 e. The van der Waals surface area contributed by atoms with Crippen molar-refractivity contribution in [1.82, 2.24) is 14.5 Å². The molecule has 0 bridgehead atoms. The van der Waals surface area contributed by atoms with Gasteiger partial charge in [0.1, 0.15) is 5.69 Å². The van der Waals surface area contributed by atoms with Gasteiger partial charge in [-0.1, -0.05) is 45.0 Å². The Hall–Kier alpha value is -2.71. The molecular weight excluding hydrogens is 420 g/mol. The van der Waals surface area contributed by atoms with Crippen molar-refractivity contribution >= 4 is 25.0 Å². The van der Waals surface area contributed by atoms with Crippen molar-refractivity contribution in [2.24, 2.45) is 5.73 Å². The number of amides is 1. The van der Waals surface area contributed by atoms with Gasteiger partial charge in [-0.3, -0.25) is 4.79 Å². The Kier molecular flexibility index (Phi) is 7.35. The molecule has 0 saturated carbocycles. The number of rotatable bonds is 10. The van der Waals surface area contributed by atoms with E-state index in [0.29, 0.717) is 19.0 Å². The lowest BCUT2D eigenvalue weighted by Gasteiger charge is -2.39. The van der Waals surface area contributed by atoms with Gasteiger partial charge in [0.15, 0.2) is 8.32 Å². The summed E-state index contributed by atoms with van der Waals surface area (Å²) < 4.78 is 14.5. The van der Waals surface area contributed by atoms with Gasteiger partial charge < -0.3 is 19.5 Å². The largest absolute Gasteiger partial charge is 0.478 e. The number of hydrogen-bond acceptors (Lipinski definition) is 5. The molecule has 7 nitrogen and oxygen atoms in total. The number of carbonyl (C=O) groups excluding carboxylic acids is 1. The zero-order chi connectivity index (χ0) is 23.4. The standard InChI is InChI=1S/C24H34N4O3Si/c1-24(2,3)32(4,5)31-20(15-28-16-21(23(25)29)27-17-28)11-8-12-30-22-13-18-9-6-7-10-19(18)14-26-22/h6-7,9-10,13-14,16-17,20H,8,11-12,15H2,1-5H3,(H2,25,29)/t20-/m0/s1. The average Bonchev–Trinajstić information content (AvgIpc) is 3.19. The van der Waals surface area contributed by atoms with Crippen molar-refractivity contribution in [3.63, 3.8) is 0 Å². The van der Waals surface area contributed by atoms with E-state index in [0.717, 1.165) is 23.6 Å². The number of hydrogen-bond donors (Lipinski definition) is 1. The highest BCUT2D eigenvalue weighted by Gasteiger charge is 2.39. The van der Waals surface area contributed by atoms with E-state index in [1.807, 2.05) is 35.0 Å². The first-order valence-corrected chi connectivity index (χ1v) is 13.9. The predicted octanol–water partition coefficient (Wildman–Crippen LogP) is 4.78. The van der Waals surface area contributed by atoms with E-state index in [1.165, 1.54) is 0 Å². The van der Waals surface area contributed by atoms with Crippen LogP contribution in [0.3, 0.4) is 0 Å². The molecule has 3 rings (SSSR count). The van der Waals surface area contributed by atoms with Gasteiger partial charge in [0.25, 0.3) is 5.91 Å². The molecule has 0 aliphatic heterocycles. The number of benzene rings is 1. The van der Waals surface area contributed by atoms with E-state index in [9.17, 15) is 4.79 Å². The average molecular weight is 455 g/mol. The van der Waals surface area contributed by atoms with Crippen LogP contribution in [-0.2, 0) is 11.0 Å². The summed E-state index contributed by atoms with van der Waals surface area (Å²) in [5.41, 5.74) is 5.61. The summed E-state index contributed by atoms with van der Waals surface area (Å²) in [6.45, 7) is 12.4. The molecule has 8 heteroatoms. The van der Waals surface area contributed by atoms with Crippen LogP contribution in [0, 0.1) is 0 Å². The van der Waals surface area contributed by atoms with Crippen LogP contribution < -0.4 is 10.5 Å². The fourth-order valence-electron chi connectivity index (χ4n) is 3.23. The topological polar surface area (TPSA) is 92.3 Å². The van der Waals surface area contributed by atoms with E-state index < -0.39 is 14.2 Å². The summed E-state index contributed by atoms with van der Waals surface area (Å²) in [5.74, 6) is 0.105. The van der Waals surface area contributed by atoms with E-state index in [-0.39, 0.29) is 16.8 Å². The molecule has 0 saturated heterocycles. The number of ether oxygens (including phenoxy) is 1. The number of carbonyl (C=O) groups is 1. The molecule has 0 unspecified atom stereocenters. The van der Waals surface area contributed by atoms with Gasteiger partial charge in [0.05, 0.1) is 19.0 Å². The lowest BCUT2D eigenvalue weighted by atomic mass is 10.2. The highest BCUT2D eigenvalue weighted by Crippen LogP contribution is 2.38. The van der Waals surface area contributed by atoms with Gasteiger partial charge >= 0.3 is 0 Å². The molecule has 2 aromatic heterocycles. The number of aromatic nitrogens is 3. The summed E-state index contributed by atoms with van der Waals surface area (Å²) in [5, 5.41) is 2.31. The Morgan fingerprint density at radius 1 is 1.19 bits per heavy atom. The zero-order valence-corrected chi connectivity index (χ0v) is 20.7. The molecule has 1 atom stereocenters. The van der Waals surface area contributed by atoms with Crippen LogP contribution in [0.4, 0.5) is 0 Å². The summed E-state index contributed by atoms with van der Waals surface area (Å²) >= 11 is 0. The van der Waals surface area contributed by atoms with Crippen LogP contribution in [0.5, 0.6) is 5.88 Å². The van der Waals surface area contributed by atoms with Crippen LogP contribution in [0.15, 0.2) is 49.1 Å². The second-order valence-electron chi connectivity index (χ2n) is 9.68.